The van der Waals surface area contributed by atoms with Gasteiger partial charge >= 0.3 is 0 Å². The van der Waals surface area contributed by atoms with E-state index in [4.69, 9.17) is 0 Å². The zero-order chi connectivity index (χ0) is 10.1. The van der Waals surface area contributed by atoms with Crippen LogP contribution in [0.25, 0.3) is 0 Å². The Bertz CT molecular complexity index is 431. The summed E-state index contributed by atoms with van der Waals surface area (Å²) in [7, 11) is 0. The lowest BCUT2D eigenvalue weighted by Crippen LogP contribution is -2.14. The summed E-state index contributed by atoms with van der Waals surface area (Å²) < 4.78 is 0. The molecule has 3 heteroatoms. The second-order valence-electron chi connectivity index (χ2n) is 3.67. The molecule has 0 bridgehead atoms. The number of aryl methyl sites for hydroxylation is 1. The lowest BCUT2D eigenvalue weighted by atomic mass is 10.0. The molecule has 1 aromatic rings. The molecule has 1 aliphatic rings. The molecular formula is C11H13NO2. The minimum Gasteiger partial charge on any atom is -0.329 e. The van der Waals surface area contributed by atoms with Crippen LogP contribution in [0.4, 0.5) is 0 Å². The van der Waals surface area contributed by atoms with Gasteiger partial charge in [0, 0.05) is 23.7 Å². The van der Waals surface area contributed by atoms with Crippen LogP contribution in [0.2, 0.25) is 0 Å². The fourth-order valence-corrected chi connectivity index (χ4v) is 2.04. The van der Waals surface area contributed by atoms with Crippen LogP contribution >= 0.6 is 0 Å². The fraction of sp³-hybridized carbons (Fsp3) is 0.455. The van der Waals surface area contributed by atoms with E-state index in [2.05, 4.69) is 11.9 Å². The highest BCUT2D eigenvalue weighted by Gasteiger charge is 2.24. The van der Waals surface area contributed by atoms with E-state index in [0.29, 0.717) is 24.0 Å². The van der Waals surface area contributed by atoms with Crippen molar-refractivity contribution in [1.82, 2.24) is 4.98 Å². The number of ketones is 1. The van der Waals surface area contributed by atoms with E-state index in [-0.39, 0.29) is 11.3 Å². The van der Waals surface area contributed by atoms with Gasteiger partial charge in [-0.05, 0) is 18.4 Å². The van der Waals surface area contributed by atoms with Crippen molar-refractivity contribution in [3.05, 3.63) is 33.2 Å². The fourth-order valence-electron chi connectivity index (χ4n) is 2.04. The molecule has 0 saturated heterocycles. The first-order valence-electron chi connectivity index (χ1n) is 5.00. The molecule has 74 valence electrons. The van der Waals surface area contributed by atoms with Gasteiger partial charge in [0.15, 0.2) is 5.78 Å². The number of fused-ring (bicyclic) bond motifs is 1. The van der Waals surface area contributed by atoms with Crippen LogP contribution < -0.4 is 5.56 Å². The lowest BCUT2D eigenvalue weighted by molar-refractivity contribution is 0.0993. The van der Waals surface area contributed by atoms with Gasteiger partial charge < -0.3 is 4.98 Å². The number of hydrogen-bond acceptors (Lipinski definition) is 2. The molecule has 1 aliphatic carbocycles. The molecule has 0 aromatic carbocycles. The van der Waals surface area contributed by atoms with E-state index in [1.807, 2.05) is 0 Å². The standard InChI is InChI=1S/C11H13NO2/c1-2-3-7-6-12-11(14)8-4-5-9(13)10(7)8/h6H,2-5H2,1H3,(H,12,14). The molecule has 1 N–H and O–H groups in total. The molecule has 0 radical (unpaired) electrons. The van der Waals surface area contributed by atoms with Gasteiger partial charge in [-0.1, -0.05) is 13.3 Å². The van der Waals surface area contributed by atoms with Gasteiger partial charge in [0.05, 0.1) is 0 Å². The second kappa shape index (κ2) is 3.40. The van der Waals surface area contributed by atoms with Gasteiger partial charge in [-0.25, -0.2) is 0 Å². The monoisotopic (exact) mass is 191 g/mol. The number of carbonyl (C=O) groups excluding carboxylic acids is 1. The maximum absolute atomic E-state index is 11.6. The number of pyridine rings is 1. The highest BCUT2D eigenvalue weighted by atomic mass is 16.1. The van der Waals surface area contributed by atoms with Crippen LogP contribution in [0.1, 0.15) is 41.3 Å². The van der Waals surface area contributed by atoms with Crippen LogP contribution in [-0.4, -0.2) is 10.8 Å². The molecule has 0 amide bonds. The summed E-state index contributed by atoms with van der Waals surface area (Å²) in [6.45, 7) is 2.07. The predicted molar refractivity (Wildman–Crippen MR) is 53.7 cm³/mol. The van der Waals surface area contributed by atoms with E-state index in [9.17, 15) is 9.59 Å². The average Bonchev–Trinajstić information content (AvgIpc) is 2.55. The Morgan fingerprint density at radius 2 is 2.14 bits per heavy atom. The molecule has 3 nitrogen and oxygen atoms in total. The average molecular weight is 191 g/mol. The first-order valence-corrected chi connectivity index (χ1v) is 5.00. The summed E-state index contributed by atoms with van der Waals surface area (Å²) in [5.74, 6) is 0.134. The molecule has 0 saturated carbocycles. The van der Waals surface area contributed by atoms with E-state index < -0.39 is 0 Å². The molecule has 1 aromatic heterocycles. The quantitative estimate of drug-likeness (QED) is 0.769. The molecular weight excluding hydrogens is 178 g/mol. The van der Waals surface area contributed by atoms with Crippen molar-refractivity contribution in [2.45, 2.75) is 32.6 Å². The van der Waals surface area contributed by atoms with Crippen molar-refractivity contribution in [3.63, 3.8) is 0 Å². The number of carbonyl (C=O) groups is 1. The third-order valence-electron chi connectivity index (χ3n) is 2.67. The summed E-state index contributed by atoms with van der Waals surface area (Å²) in [5, 5.41) is 0. The van der Waals surface area contributed by atoms with E-state index in [1.54, 1.807) is 6.20 Å². The van der Waals surface area contributed by atoms with Crippen molar-refractivity contribution in [3.8, 4) is 0 Å². The second-order valence-corrected chi connectivity index (χ2v) is 3.67. The Morgan fingerprint density at radius 3 is 2.86 bits per heavy atom. The van der Waals surface area contributed by atoms with Crippen LogP contribution in [0.5, 0.6) is 0 Å². The Morgan fingerprint density at radius 1 is 1.36 bits per heavy atom. The number of H-pyrrole nitrogens is 1. The smallest absolute Gasteiger partial charge is 0.251 e. The van der Waals surface area contributed by atoms with Gasteiger partial charge in [0.1, 0.15) is 0 Å². The third-order valence-corrected chi connectivity index (χ3v) is 2.67. The Hall–Kier alpha value is -1.38. The van der Waals surface area contributed by atoms with Gasteiger partial charge in [0.2, 0.25) is 0 Å². The number of nitrogens with one attached hydrogen (secondary N) is 1. The lowest BCUT2D eigenvalue weighted by Gasteiger charge is -2.04. The van der Waals surface area contributed by atoms with Crippen molar-refractivity contribution < 1.29 is 4.79 Å². The predicted octanol–water partition coefficient (Wildman–Crippen LogP) is 1.46. The summed E-state index contributed by atoms with van der Waals surface area (Å²) in [6, 6.07) is 0. The Kier molecular flexibility index (Phi) is 2.23. The van der Waals surface area contributed by atoms with Gasteiger partial charge in [-0.3, -0.25) is 9.59 Å². The SMILES string of the molecule is CCCc1c[nH]c(=O)c2c1C(=O)CC2. The van der Waals surface area contributed by atoms with Crippen molar-refractivity contribution >= 4 is 5.78 Å². The van der Waals surface area contributed by atoms with Gasteiger partial charge in [-0.2, -0.15) is 0 Å². The topological polar surface area (TPSA) is 49.9 Å². The first-order chi connectivity index (χ1) is 6.74. The minimum atomic E-state index is -0.0919. The molecule has 0 atom stereocenters. The molecule has 0 unspecified atom stereocenters. The highest BCUT2D eigenvalue weighted by Crippen LogP contribution is 2.22. The van der Waals surface area contributed by atoms with Crippen molar-refractivity contribution in [2.24, 2.45) is 0 Å². The summed E-state index contributed by atoms with van der Waals surface area (Å²) in [5.41, 5.74) is 2.31. The van der Waals surface area contributed by atoms with E-state index in [1.165, 1.54) is 0 Å². The zero-order valence-corrected chi connectivity index (χ0v) is 8.22. The Labute approximate surface area is 82.2 Å². The molecule has 0 fully saturated rings. The summed E-state index contributed by atoms with van der Waals surface area (Å²) in [6.07, 6.45) is 4.66. The number of aromatic amines is 1. The summed E-state index contributed by atoms with van der Waals surface area (Å²) in [4.78, 5) is 25.7. The largest absolute Gasteiger partial charge is 0.329 e. The number of aromatic nitrogens is 1. The van der Waals surface area contributed by atoms with Crippen LogP contribution in [0, 0.1) is 0 Å². The first kappa shape index (κ1) is 9.19. The zero-order valence-electron chi connectivity index (χ0n) is 8.22. The van der Waals surface area contributed by atoms with Crippen LogP contribution in [0.3, 0.4) is 0 Å². The maximum Gasteiger partial charge on any atom is 0.251 e. The maximum atomic E-state index is 11.6. The van der Waals surface area contributed by atoms with Crippen LogP contribution in [0.15, 0.2) is 11.0 Å². The Balaban J connectivity index is 2.60. The summed E-state index contributed by atoms with van der Waals surface area (Å²) >= 11 is 0. The molecule has 0 aliphatic heterocycles. The molecule has 2 rings (SSSR count). The molecule has 0 spiro atoms. The minimum absolute atomic E-state index is 0.0919. The van der Waals surface area contributed by atoms with Crippen molar-refractivity contribution in [2.75, 3.05) is 0 Å². The normalized spacial score (nSPS) is 14.5. The van der Waals surface area contributed by atoms with E-state index >= 15 is 0 Å². The van der Waals surface area contributed by atoms with Gasteiger partial charge in [0.25, 0.3) is 5.56 Å². The third kappa shape index (κ3) is 1.29. The number of rotatable bonds is 2. The van der Waals surface area contributed by atoms with E-state index in [0.717, 1.165) is 18.4 Å². The van der Waals surface area contributed by atoms with Crippen LogP contribution in [-0.2, 0) is 12.8 Å². The molecule has 1 heterocycles. The van der Waals surface area contributed by atoms with Crippen molar-refractivity contribution in [1.29, 1.82) is 0 Å². The molecule has 14 heavy (non-hydrogen) atoms. The number of hydrogen-bond donors (Lipinski definition) is 1. The number of Topliss-reactive ketones (excluding diaryl/α,β-unsaturated/α-hetero) is 1. The highest BCUT2D eigenvalue weighted by molar-refractivity contribution is 6.01. The van der Waals surface area contributed by atoms with Gasteiger partial charge in [-0.15, -0.1) is 0 Å².